The number of hydrogen-bond acceptors (Lipinski definition) is 4. The third-order valence-corrected chi connectivity index (χ3v) is 5.75. The molecular weight excluding hydrogens is 288 g/mol. The Balaban J connectivity index is 2.27. The van der Waals surface area contributed by atoms with E-state index in [0.717, 1.165) is 30.4 Å². The van der Waals surface area contributed by atoms with E-state index in [1.165, 1.54) is 0 Å². The first-order valence-electron chi connectivity index (χ1n) is 7.38. The maximum atomic E-state index is 12.5. The van der Waals surface area contributed by atoms with Crippen LogP contribution in [0.3, 0.4) is 0 Å². The lowest BCUT2D eigenvalue weighted by Gasteiger charge is -2.22. The molecule has 0 saturated heterocycles. The number of benzene rings is 1. The zero-order valence-electron chi connectivity index (χ0n) is 12.6. The minimum absolute atomic E-state index is 0.0991. The molecule has 1 aromatic rings. The lowest BCUT2D eigenvalue weighted by Crippen LogP contribution is -2.42. The normalized spacial score (nSPS) is 23.8. The van der Waals surface area contributed by atoms with E-state index in [2.05, 4.69) is 4.72 Å². The summed E-state index contributed by atoms with van der Waals surface area (Å²) in [5.74, 6) is 0. The zero-order chi connectivity index (χ0) is 15.6. The van der Waals surface area contributed by atoms with E-state index in [4.69, 9.17) is 5.73 Å². The number of nitrogens with one attached hydrogen (secondary N) is 1. The van der Waals surface area contributed by atoms with Crippen LogP contribution in [0.15, 0.2) is 17.0 Å². The second-order valence-electron chi connectivity index (χ2n) is 5.91. The first kappa shape index (κ1) is 16.3. The highest BCUT2D eigenvalue weighted by Crippen LogP contribution is 2.25. The van der Waals surface area contributed by atoms with E-state index in [-0.39, 0.29) is 10.6 Å². The maximum absolute atomic E-state index is 12.5. The van der Waals surface area contributed by atoms with Crippen LogP contribution in [0.25, 0.3) is 0 Å². The molecule has 0 spiro atoms. The lowest BCUT2D eigenvalue weighted by atomic mass is 10.1. The van der Waals surface area contributed by atoms with Gasteiger partial charge in [0.05, 0.1) is 11.8 Å². The lowest BCUT2D eigenvalue weighted by molar-refractivity contribution is 0.130. The van der Waals surface area contributed by atoms with E-state index in [0.29, 0.717) is 12.8 Å². The van der Waals surface area contributed by atoms with Crippen LogP contribution < -0.4 is 10.5 Å². The summed E-state index contributed by atoms with van der Waals surface area (Å²) in [7, 11) is -3.71. The maximum Gasteiger partial charge on any atom is 0.242 e. The van der Waals surface area contributed by atoms with Crippen molar-refractivity contribution in [3.05, 3.63) is 23.3 Å². The molecule has 1 aliphatic carbocycles. The van der Waals surface area contributed by atoms with Gasteiger partial charge in [0.1, 0.15) is 4.90 Å². The van der Waals surface area contributed by atoms with Crippen LogP contribution in [0.5, 0.6) is 0 Å². The number of nitrogen functional groups attached to an aromatic ring is 1. The molecule has 0 bridgehead atoms. The Morgan fingerprint density at radius 2 is 1.76 bits per heavy atom. The quantitative estimate of drug-likeness (QED) is 0.587. The van der Waals surface area contributed by atoms with Gasteiger partial charge in [-0.2, -0.15) is 0 Å². The summed E-state index contributed by atoms with van der Waals surface area (Å²) in [6.07, 6.45) is 3.55. The smallest absolute Gasteiger partial charge is 0.242 e. The van der Waals surface area contributed by atoms with Crippen LogP contribution in [0.2, 0.25) is 0 Å². The Morgan fingerprint density at radius 3 is 2.48 bits per heavy atom. The number of aliphatic hydroxyl groups excluding tert-OH is 1. The van der Waals surface area contributed by atoms with Gasteiger partial charge in [-0.15, -0.1) is 0 Å². The van der Waals surface area contributed by atoms with Gasteiger partial charge in [0, 0.05) is 6.04 Å². The van der Waals surface area contributed by atoms with Gasteiger partial charge >= 0.3 is 0 Å². The third kappa shape index (κ3) is 3.75. The molecule has 1 aliphatic rings. The third-order valence-electron chi connectivity index (χ3n) is 4.20. The number of hydrogen-bond donors (Lipinski definition) is 3. The Hall–Kier alpha value is -1.11. The molecule has 2 atom stereocenters. The Morgan fingerprint density at radius 1 is 1.14 bits per heavy atom. The minimum Gasteiger partial charge on any atom is -0.398 e. The highest BCUT2D eigenvalue weighted by molar-refractivity contribution is 7.89. The highest BCUT2D eigenvalue weighted by atomic mass is 32.2. The van der Waals surface area contributed by atoms with Crippen molar-refractivity contribution in [1.82, 2.24) is 4.72 Å². The van der Waals surface area contributed by atoms with Crippen LogP contribution >= 0.6 is 0 Å². The average Bonchev–Trinajstić information content (AvgIpc) is 2.59. The van der Waals surface area contributed by atoms with Crippen LogP contribution in [-0.4, -0.2) is 25.7 Å². The summed E-state index contributed by atoms with van der Waals surface area (Å²) in [5.41, 5.74) is 7.95. The van der Waals surface area contributed by atoms with Gasteiger partial charge in [-0.1, -0.05) is 19.3 Å². The predicted molar refractivity (Wildman–Crippen MR) is 83.5 cm³/mol. The first-order chi connectivity index (χ1) is 9.81. The number of nitrogens with two attached hydrogens (primary N) is 1. The van der Waals surface area contributed by atoms with E-state index < -0.39 is 22.2 Å². The standard InChI is InChI=1S/C15H24N2O3S/c1-10-8-12(16)15(9-11(10)2)21(19,20)17-13-6-4-3-5-7-14(13)18/h8-9,13-14,17-18H,3-7,16H2,1-2H3. The molecule has 1 aromatic carbocycles. The molecule has 0 amide bonds. The largest absolute Gasteiger partial charge is 0.398 e. The summed E-state index contributed by atoms with van der Waals surface area (Å²) in [5, 5.41) is 10.1. The molecule has 0 aromatic heterocycles. The fourth-order valence-electron chi connectivity index (χ4n) is 2.73. The average molecular weight is 312 g/mol. The minimum atomic E-state index is -3.71. The summed E-state index contributed by atoms with van der Waals surface area (Å²) >= 11 is 0. The number of anilines is 1. The van der Waals surface area contributed by atoms with E-state index >= 15 is 0 Å². The van der Waals surface area contributed by atoms with Gasteiger partial charge in [-0.05, 0) is 49.9 Å². The molecule has 118 valence electrons. The van der Waals surface area contributed by atoms with Crippen LogP contribution in [0, 0.1) is 13.8 Å². The summed E-state index contributed by atoms with van der Waals surface area (Å²) in [6.45, 7) is 3.75. The molecule has 4 N–H and O–H groups in total. The van der Waals surface area contributed by atoms with Crippen LogP contribution in [-0.2, 0) is 10.0 Å². The summed E-state index contributed by atoms with van der Waals surface area (Å²) in [6, 6.07) is 2.84. The highest BCUT2D eigenvalue weighted by Gasteiger charge is 2.28. The second kappa shape index (κ2) is 6.34. The monoisotopic (exact) mass is 312 g/mol. The van der Waals surface area contributed by atoms with Gasteiger partial charge in [0.15, 0.2) is 0 Å². The molecule has 2 unspecified atom stereocenters. The molecular formula is C15H24N2O3S. The van der Waals surface area contributed by atoms with Crippen molar-refractivity contribution in [2.75, 3.05) is 5.73 Å². The van der Waals surface area contributed by atoms with Gasteiger partial charge in [0.2, 0.25) is 10.0 Å². The van der Waals surface area contributed by atoms with Crippen molar-refractivity contribution in [1.29, 1.82) is 0 Å². The number of rotatable bonds is 3. The fraction of sp³-hybridized carbons (Fsp3) is 0.600. The predicted octanol–water partition coefficient (Wildman–Crippen LogP) is 1.86. The topological polar surface area (TPSA) is 92.4 Å². The van der Waals surface area contributed by atoms with Crippen LogP contribution in [0.4, 0.5) is 5.69 Å². The van der Waals surface area contributed by atoms with E-state index in [1.54, 1.807) is 12.1 Å². The molecule has 2 rings (SSSR count). The molecule has 1 fully saturated rings. The van der Waals surface area contributed by atoms with Crippen molar-refractivity contribution in [2.45, 2.75) is 63.0 Å². The molecule has 21 heavy (non-hydrogen) atoms. The first-order valence-corrected chi connectivity index (χ1v) is 8.86. The van der Waals surface area contributed by atoms with Gasteiger partial charge in [-0.3, -0.25) is 0 Å². The summed E-state index contributed by atoms with van der Waals surface area (Å²) in [4.78, 5) is 0.0991. The fourth-order valence-corrected chi connectivity index (χ4v) is 4.23. The molecule has 0 heterocycles. The van der Waals surface area contributed by atoms with Gasteiger partial charge < -0.3 is 10.8 Å². The van der Waals surface area contributed by atoms with Crippen LogP contribution in [0.1, 0.15) is 43.2 Å². The van der Waals surface area contributed by atoms with E-state index in [1.807, 2.05) is 13.8 Å². The molecule has 6 heteroatoms. The number of sulfonamides is 1. The van der Waals surface area contributed by atoms with E-state index in [9.17, 15) is 13.5 Å². The van der Waals surface area contributed by atoms with Gasteiger partial charge in [0.25, 0.3) is 0 Å². The number of aliphatic hydroxyl groups is 1. The van der Waals surface area contributed by atoms with Crippen molar-refractivity contribution < 1.29 is 13.5 Å². The zero-order valence-corrected chi connectivity index (χ0v) is 13.4. The van der Waals surface area contributed by atoms with Crippen molar-refractivity contribution in [2.24, 2.45) is 0 Å². The Labute approximate surface area is 126 Å². The van der Waals surface area contributed by atoms with Crippen molar-refractivity contribution in [3.63, 3.8) is 0 Å². The van der Waals surface area contributed by atoms with Gasteiger partial charge in [-0.25, -0.2) is 13.1 Å². The number of aryl methyl sites for hydroxylation is 2. The van der Waals surface area contributed by atoms with Crippen molar-refractivity contribution >= 4 is 15.7 Å². The Kier molecular flexibility index (Phi) is 4.91. The summed E-state index contributed by atoms with van der Waals surface area (Å²) < 4.78 is 27.7. The molecule has 0 aliphatic heterocycles. The van der Waals surface area contributed by atoms with Crippen molar-refractivity contribution in [3.8, 4) is 0 Å². The molecule has 0 radical (unpaired) electrons. The molecule has 1 saturated carbocycles. The second-order valence-corrected chi connectivity index (χ2v) is 7.59. The Bertz CT molecular complexity index is 614. The molecule has 5 nitrogen and oxygen atoms in total. The SMILES string of the molecule is Cc1cc(N)c(S(=O)(=O)NC2CCCCCC2O)cc1C.